The summed E-state index contributed by atoms with van der Waals surface area (Å²) < 4.78 is 5.30. The first-order chi connectivity index (χ1) is 11.1. The third-order valence-corrected chi connectivity index (χ3v) is 5.05. The van der Waals surface area contributed by atoms with Crippen molar-refractivity contribution >= 4 is 40.7 Å². The number of thioether (sulfide) groups is 1. The SMILES string of the molecule is CCN1C(=O)C(=CC=CC=C2Sc3ccccc3N2C)OC1=S. The first kappa shape index (κ1) is 15.8. The summed E-state index contributed by atoms with van der Waals surface area (Å²) in [5, 5.41) is 1.35. The summed E-state index contributed by atoms with van der Waals surface area (Å²) in [6.07, 6.45) is 7.34. The molecule has 1 aromatic carbocycles. The number of carbonyl (C=O) groups excluding carboxylic acids is 1. The Morgan fingerprint density at radius 1 is 1.26 bits per heavy atom. The van der Waals surface area contributed by atoms with E-state index in [1.807, 2.05) is 38.3 Å². The van der Waals surface area contributed by atoms with E-state index >= 15 is 0 Å². The maximum Gasteiger partial charge on any atom is 0.297 e. The van der Waals surface area contributed by atoms with Gasteiger partial charge in [0, 0.05) is 18.5 Å². The van der Waals surface area contributed by atoms with Gasteiger partial charge in [0.15, 0.2) is 5.76 Å². The van der Waals surface area contributed by atoms with Crippen molar-refractivity contribution in [1.82, 2.24) is 4.90 Å². The highest BCUT2D eigenvalue weighted by Crippen LogP contribution is 2.44. The summed E-state index contributed by atoms with van der Waals surface area (Å²) >= 11 is 6.73. The zero-order valence-electron chi connectivity index (χ0n) is 12.9. The number of amides is 1. The van der Waals surface area contributed by atoms with Crippen molar-refractivity contribution in [3.8, 4) is 0 Å². The van der Waals surface area contributed by atoms with Gasteiger partial charge < -0.3 is 9.64 Å². The van der Waals surface area contributed by atoms with Crippen molar-refractivity contribution < 1.29 is 9.53 Å². The molecule has 1 amide bonds. The van der Waals surface area contributed by atoms with Gasteiger partial charge in [0.1, 0.15) is 0 Å². The minimum atomic E-state index is -0.186. The number of allylic oxidation sites excluding steroid dienone is 4. The molecule has 3 rings (SSSR count). The number of fused-ring (bicyclic) bond motifs is 1. The van der Waals surface area contributed by atoms with Crippen LogP contribution >= 0.6 is 24.0 Å². The lowest BCUT2D eigenvalue weighted by Gasteiger charge is -2.12. The molecule has 0 N–H and O–H groups in total. The number of anilines is 1. The maximum atomic E-state index is 12.0. The molecule has 23 heavy (non-hydrogen) atoms. The van der Waals surface area contributed by atoms with Gasteiger partial charge in [-0.15, -0.1) is 0 Å². The van der Waals surface area contributed by atoms with E-state index in [2.05, 4.69) is 17.0 Å². The Balaban J connectivity index is 1.70. The van der Waals surface area contributed by atoms with Gasteiger partial charge in [-0.3, -0.25) is 9.69 Å². The first-order valence-corrected chi connectivity index (χ1v) is 8.47. The zero-order chi connectivity index (χ0) is 16.4. The topological polar surface area (TPSA) is 32.8 Å². The fourth-order valence-electron chi connectivity index (χ4n) is 2.33. The maximum absolute atomic E-state index is 12.0. The molecule has 0 saturated carbocycles. The van der Waals surface area contributed by atoms with Gasteiger partial charge in [-0.1, -0.05) is 36.0 Å². The van der Waals surface area contributed by atoms with Crippen LogP contribution in [0.25, 0.3) is 0 Å². The van der Waals surface area contributed by atoms with Crippen molar-refractivity contribution in [2.75, 3.05) is 18.5 Å². The Hall–Kier alpha value is -2.05. The summed E-state index contributed by atoms with van der Waals surface area (Å²) in [6.45, 7) is 2.38. The molecule has 4 nitrogen and oxygen atoms in total. The van der Waals surface area contributed by atoms with Crippen molar-refractivity contribution in [3.63, 3.8) is 0 Å². The van der Waals surface area contributed by atoms with Crippen molar-refractivity contribution in [3.05, 3.63) is 59.4 Å². The second-order valence-corrected chi connectivity index (χ2v) is 6.38. The first-order valence-electron chi connectivity index (χ1n) is 7.24. The number of nitrogens with zero attached hydrogens (tertiary/aromatic N) is 2. The molecular formula is C17H16N2O2S2. The third kappa shape index (κ3) is 3.04. The predicted molar refractivity (Wildman–Crippen MR) is 97.1 cm³/mol. The number of likely N-dealkylation sites (N-methyl/N-ethyl adjacent to an activating group) is 1. The lowest BCUT2D eigenvalue weighted by molar-refractivity contribution is -0.122. The summed E-state index contributed by atoms with van der Waals surface area (Å²) in [5.74, 6) is 0.0804. The Bertz CT molecular complexity index is 753. The highest BCUT2D eigenvalue weighted by atomic mass is 32.2. The molecule has 1 fully saturated rings. The highest BCUT2D eigenvalue weighted by molar-refractivity contribution is 8.03. The van der Waals surface area contributed by atoms with Crippen LogP contribution in [0.5, 0.6) is 0 Å². The number of ether oxygens (including phenoxy) is 1. The van der Waals surface area contributed by atoms with Crippen LogP contribution < -0.4 is 4.90 Å². The second-order valence-electron chi connectivity index (χ2n) is 4.97. The van der Waals surface area contributed by atoms with Crippen LogP contribution in [-0.2, 0) is 9.53 Å². The van der Waals surface area contributed by atoms with Gasteiger partial charge in [0.2, 0.25) is 0 Å². The minimum absolute atomic E-state index is 0.186. The van der Waals surface area contributed by atoms with E-state index in [-0.39, 0.29) is 16.8 Å². The Kier molecular flexibility index (Phi) is 4.54. The summed E-state index contributed by atoms with van der Waals surface area (Å²) in [5.41, 5.74) is 1.20. The standard InChI is InChI=1S/C17H16N2O2S2/c1-3-19-16(20)13(21-17(19)22)9-5-7-11-15-18(2)12-8-4-6-10-14(12)23-15/h4-11H,3H2,1-2H3. The van der Waals surface area contributed by atoms with Crippen LogP contribution in [0.3, 0.4) is 0 Å². The van der Waals surface area contributed by atoms with Gasteiger partial charge in [-0.25, -0.2) is 0 Å². The van der Waals surface area contributed by atoms with Gasteiger partial charge in [0.25, 0.3) is 11.1 Å². The highest BCUT2D eigenvalue weighted by Gasteiger charge is 2.31. The molecule has 0 aliphatic carbocycles. The lowest BCUT2D eigenvalue weighted by Crippen LogP contribution is -2.27. The molecule has 1 saturated heterocycles. The summed E-state index contributed by atoms with van der Waals surface area (Å²) in [6, 6.07) is 8.27. The van der Waals surface area contributed by atoms with Crippen LogP contribution in [0, 0.1) is 0 Å². The van der Waals surface area contributed by atoms with Gasteiger partial charge >= 0.3 is 0 Å². The largest absolute Gasteiger partial charge is 0.426 e. The van der Waals surface area contributed by atoms with Crippen molar-refractivity contribution in [1.29, 1.82) is 0 Å². The van der Waals surface area contributed by atoms with Crippen LogP contribution in [-0.4, -0.2) is 29.6 Å². The van der Waals surface area contributed by atoms with E-state index in [4.69, 9.17) is 17.0 Å². The average Bonchev–Trinajstić information content (AvgIpc) is 3.01. The number of benzene rings is 1. The summed E-state index contributed by atoms with van der Waals surface area (Å²) in [7, 11) is 2.04. The predicted octanol–water partition coefficient (Wildman–Crippen LogP) is 3.67. The molecule has 118 valence electrons. The third-order valence-electron chi connectivity index (χ3n) is 3.56. The van der Waals surface area contributed by atoms with E-state index in [1.54, 1.807) is 23.9 Å². The van der Waals surface area contributed by atoms with Gasteiger partial charge in [-0.05, 0) is 43.4 Å². The molecule has 6 heteroatoms. The molecule has 2 aliphatic rings. The average molecular weight is 344 g/mol. The molecule has 0 unspecified atom stereocenters. The molecule has 0 atom stereocenters. The number of hydrogen-bond acceptors (Lipinski definition) is 5. The molecular weight excluding hydrogens is 328 g/mol. The quantitative estimate of drug-likeness (QED) is 0.617. The Morgan fingerprint density at radius 3 is 2.70 bits per heavy atom. The second kappa shape index (κ2) is 6.60. The molecule has 0 spiro atoms. The lowest BCUT2D eigenvalue weighted by atomic mass is 10.3. The molecule has 0 radical (unpaired) electrons. The normalized spacial score (nSPS) is 21.0. The minimum Gasteiger partial charge on any atom is -0.426 e. The van der Waals surface area contributed by atoms with E-state index in [0.717, 1.165) is 5.03 Å². The number of hydrogen-bond donors (Lipinski definition) is 0. The Morgan fingerprint density at radius 2 is 2.00 bits per heavy atom. The number of thiocarbonyl (C=S) groups is 1. The van der Waals surface area contributed by atoms with E-state index in [9.17, 15) is 4.79 Å². The smallest absolute Gasteiger partial charge is 0.297 e. The fraction of sp³-hybridized carbons (Fsp3) is 0.176. The van der Waals surface area contributed by atoms with Crippen molar-refractivity contribution in [2.45, 2.75) is 11.8 Å². The van der Waals surface area contributed by atoms with E-state index in [0.29, 0.717) is 6.54 Å². The van der Waals surface area contributed by atoms with E-state index in [1.165, 1.54) is 15.5 Å². The number of rotatable bonds is 3. The van der Waals surface area contributed by atoms with Crippen molar-refractivity contribution in [2.24, 2.45) is 0 Å². The number of carbonyl (C=O) groups is 1. The zero-order valence-corrected chi connectivity index (χ0v) is 14.5. The van der Waals surface area contributed by atoms with E-state index < -0.39 is 0 Å². The molecule has 2 aliphatic heterocycles. The van der Waals surface area contributed by atoms with Crippen LogP contribution in [0.4, 0.5) is 5.69 Å². The van der Waals surface area contributed by atoms with Crippen LogP contribution in [0.15, 0.2) is 64.3 Å². The number of para-hydroxylation sites is 1. The molecule has 0 aromatic heterocycles. The Labute approximate surface area is 145 Å². The van der Waals surface area contributed by atoms with Crippen LogP contribution in [0.2, 0.25) is 0 Å². The fourth-order valence-corrected chi connectivity index (χ4v) is 3.70. The molecule has 2 heterocycles. The van der Waals surface area contributed by atoms with Gasteiger partial charge in [-0.2, -0.15) is 0 Å². The van der Waals surface area contributed by atoms with Gasteiger partial charge in [0.05, 0.1) is 10.7 Å². The molecule has 1 aromatic rings. The molecule has 0 bridgehead atoms. The monoisotopic (exact) mass is 344 g/mol. The summed E-state index contributed by atoms with van der Waals surface area (Å²) in [4.78, 5) is 16.8. The van der Waals surface area contributed by atoms with Crippen LogP contribution in [0.1, 0.15) is 6.92 Å².